The largest absolute Gasteiger partial charge is 0.468 e. The Labute approximate surface area is 120 Å². The normalized spacial score (nSPS) is 28.2. The van der Waals surface area contributed by atoms with E-state index in [1.165, 1.54) is 7.11 Å². The lowest BCUT2D eigenvalue weighted by Crippen LogP contribution is -2.52. The Morgan fingerprint density at radius 2 is 1.90 bits per heavy atom. The molecule has 1 saturated heterocycles. The molecule has 2 rings (SSSR count). The zero-order valence-corrected chi connectivity index (χ0v) is 12.2. The first-order chi connectivity index (χ1) is 9.60. The third kappa shape index (κ3) is 3.93. The van der Waals surface area contributed by atoms with Crippen molar-refractivity contribution in [1.29, 1.82) is 0 Å². The Bertz CT molecular complexity index is 354. The van der Waals surface area contributed by atoms with Crippen molar-refractivity contribution in [3.63, 3.8) is 0 Å². The third-order valence-electron chi connectivity index (χ3n) is 4.33. The number of methoxy groups -OCH3 is 1. The summed E-state index contributed by atoms with van der Waals surface area (Å²) in [5.74, 6) is 0.131. The van der Waals surface area contributed by atoms with Crippen LogP contribution in [0.5, 0.6) is 0 Å². The number of carbonyl (C=O) groups is 2. The van der Waals surface area contributed by atoms with E-state index in [2.05, 4.69) is 4.74 Å². The molecule has 0 aromatic carbocycles. The van der Waals surface area contributed by atoms with Gasteiger partial charge in [-0.1, -0.05) is 6.42 Å². The van der Waals surface area contributed by atoms with Crippen molar-refractivity contribution < 1.29 is 14.3 Å². The standard InChI is InChI=1S/C14H25N3O3/c1-20-13(18)10-16-5-7-17(8-6-16)14(19)11-3-2-4-12(15)9-11/h11-12H,2-10,15H2,1H3. The van der Waals surface area contributed by atoms with Gasteiger partial charge in [0.1, 0.15) is 0 Å². The van der Waals surface area contributed by atoms with E-state index in [4.69, 9.17) is 5.73 Å². The monoisotopic (exact) mass is 283 g/mol. The molecule has 0 aromatic rings. The molecule has 1 saturated carbocycles. The lowest BCUT2D eigenvalue weighted by molar-refractivity contribution is -0.143. The molecule has 1 heterocycles. The van der Waals surface area contributed by atoms with Crippen molar-refractivity contribution in [1.82, 2.24) is 9.80 Å². The molecule has 1 aliphatic heterocycles. The molecule has 0 spiro atoms. The van der Waals surface area contributed by atoms with Gasteiger partial charge in [-0.15, -0.1) is 0 Å². The molecule has 0 radical (unpaired) electrons. The van der Waals surface area contributed by atoms with Gasteiger partial charge < -0.3 is 15.4 Å². The Kier molecular flexibility index (Phi) is 5.37. The smallest absolute Gasteiger partial charge is 0.319 e. The van der Waals surface area contributed by atoms with Crippen LogP contribution in [0.4, 0.5) is 0 Å². The van der Waals surface area contributed by atoms with Crippen LogP contribution in [-0.2, 0) is 14.3 Å². The van der Waals surface area contributed by atoms with Crippen LogP contribution in [0, 0.1) is 5.92 Å². The number of nitrogens with zero attached hydrogens (tertiary/aromatic N) is 2. The second-order valence-electron chi connectivity index (χ2n) is 5.80. The maximum atomic E-state index is 12.4. The van der Waals surface area contributed by atoms with E-state index in [9.17, 15) is 9.59 Å². The minimum absolute atomic E-state index is 0.103. The highest BCUT2D eigenvalue weighted by atomic mass is 16.5. The van der Waals surface area contributed by atoms with Gasteiger partial charge in [-0.25, -0.2) is 0 Å². The van der Waals surface area contributed by atoms with Crippen molar-refractivity contribution in [2.24, 2.45) is 11.7 Å². The predicted octanol–water partition coefficient (Wildman–Crippen LogP) is -0.179. The fourth-order valence-corrected chi connectivity index (χ4v) is 3.08. The molecule has 0 bridgehead atoms. The number of nitrogens with two attached hydrogens (primary N) is 1. The van der Waals surface area contributed by atoms with Gasteiger partial charge >= 0.3 is 5.97 Å². The molecule has 2 aliphatic rings. The Balaban J connectivity index is 1.78. The zero-order chi connectivity index (χ0) is 14.5. The minimum Gasteiger partial charge on any atom is -0.468 e. The van der Waals surface area contributed by atoms with Crippen molar-refractivity contribution in [3.8, 4) is 0 Å². The molecule has 20 heavy (non-hydrogen) atoms. The summed E-state index contributed by atoms with van der Waals surface area (Å²) in [4.78, 5) is 27.6. The average molecular weight is 283 g/mol. The Morgan fingerprint density at radius 3 is 2.50 bits per heavy atom. The van der Waals surface area contributed by atoms with Crippen molar-refractivity contribution in [3.05, 3.63) is 0 Å². The number of carbonyl (C=O) groups excluding carboxylic acids is 2. The molecule has 2 fully saturated rings. The van der Waals surface area contributed by atoms with Crippen molar-refractivity contribution >= 4 is 11.9 Å². The average Bonchev–Trinajstić information content (AvgIpc) is 2.47. The highest BCUT2D eigenvalue weighted by molar-refractivity contribution is 5.79. The minimum atomic E-state index is -0.219. The quantitative estimate of drug-likeness (QED) is 0.727. The lowest BCUT2D eigenvalue weighted by atomic mass is 9.85. The summed E-state index contributed by atoms with van der Waals surface area (Å²) in [6.45, 7) is 3.18. The van der Waals surface area contributed by atoms with Crippen molar-refractivity contribution in [2.45, 2.75) is 31.7 Å². The molecule has 6 nitrogen and oxygen atoms in total. The van der Waals surface area contributed by atoms with Crippen LogP contribution in [0.2, 0.25) is 0 Å². The van der Waals surface area contributed by atoms with Crippen LogP contribution in [0.3, 0.4) is 0 Å². The first kappa shape index (κ1) is 15.3. The highest BCUT2D eigenvalue weighted by Gasteiger charge is 2.30. The van der Waals surface area contributed by atoms with Gasteiger partial charge in [-0.3, -0.25) is 14.5 Å². The summed E-state index contributed by atoms with van der Waals surface area (Å²) in [5.41, 5.74) is 5.95. The highest BCUT2D eigenvalue weighted by Crippen LogP contribution is 2.25. The molecule has 6 heteroatoms. The second-order valence-corrected chi connectivity index (χ2v) is 5.80. The lowest BCUT2D eigenvalue weighted by Gasteiger charge is -2.37. The number of hydrogen-bond donors (Lipinski definition) is 1. The van der Waals surface area contributed by atoms with Gasteiger partial charge in [0.25, 0.3) is 0 Å². The van der Waals surface area contributed by atoms with Crippen LogP contribution in [-0.4, -0.2) is 67.6 Å². The number of ether oxygens (including phenoxy) is 1. The fourth-order valence-electron chi connectivity index (χ4n) is 3.08. The Hall–Kier alpha value is -1.14. The molecule has 0 aromatic heterocycles. The molecular weight excluding hydrogens is 258 g/mol. The fraction of sp³-hybridized carbons (Fsp3) is 0.857. The maximum absolute atomic E-state index is 12.4. The van der Waals surface area contributed by atoms with Gasteiger partial charge in [-0.05, 0) is 19.3 Å². The maximum Gasteiger partial charge on any atom is 0.319 e. The van der Waals surface area contributed by atoms with E-state index in [0.717, 1.165) is 38.8 Å². The SMILES string of the molecule is COC(=O)CN1CCN(C(=O)C2CCCC(N)C2)CC1. The molecule has 2 unspecified atom stereocenters. The number of piperazine rings is 1. The number of esters is 1. The molecular formula is C14H25N3O3. The molecule has 114 valence electrons. The van der Waals surface area contributed by atoms with E-state index in [1.807, 2.05) is 9.80 Å². The zero-order valence-electron chi connectivity index (χ0n) is 12.2. The van der Waals surface area contributed by atoms with Crippen LogP contribution in [0.1, 0.15) is 25.7 Å². The summed E-state index contributed by atoms with van der Waals surface area (Å²) < 4.78 is 4.66. The summed E-state index contributed by atoms with van der Waals surface area (Å²) in [6, 6.07) is 0.179. The number of rotatable bonds is 3. The van der Waals surface area contributed by atoms with Crippen LogP contribution < -0.4 is 5.73 Å². The first-order valence-corrected chi connectivity index (χ1v) is 7.43. The first-order valence-electron chi connectivity index (χ1n) is 7.43. The summed E-state index contributed by atoms with van der Waals surface area (Å²) in [5, 5.41) is 0. The topological polar surface area (TPSA) is 75.9 Å². The van der Waals surface area contributed by atoms with Crippen molar-refractivity contribution in [2.75, 3.05) is 39.8 Å². The van der Waals surface area contributed by atoms with Gasteiger partial charge in [0.05, 0.1) is 13.7 Å². The van der Waals surface area contributed by atoms with Gasteiger partial charge in [-0.2, -0.15) is 0 Å². The van der Waals surface area contributed by atoms with E-state index in [0.29, 0.717) is 19.6 Å². The number of hydrogen-bond acceptors (Lipinski definition) is 5. The van der Waals surface area contributed by atoms with Crippen LogP contribution >= 0.6 is 0 Å². The van der Waals surface area contributed by atoms with Crippen LogP contribution in [0.25, 0.3) is 0 Å². The number of amides is 1. The molecule has 2 atom stereocenters. The molecule has 1 aliphatic carbocycles. The summed E-state index contributed by atoms with van der Waals surface area (Å²) in [6.07, 6.45) is 3.88. The van der Waals surface area contributed by atoms with E-state index < -0.39 is 0 Å². The van der Waals surface area contributed by atoms with Crippen LogP contribution in [0.15, 0.2) is 0 Å². The molecule has 1 amide bonds. The molecule has 2 N–H and O–H groups in total. The predicted molar refractivity (Wildman–Crippen MR) is 75.0 cm³/mol. The summed E-state index contributed by atoms with van der Waals surface area (Å²) in [7, 11) is 1.40. The second kappa shape index (κ2) is 7.04. The van der Waals surface area contributed by atoms with Gasteiger partial charge in [0, 0.05) is 38.1 Å². The van der Waals surface area contributed by atoms with E-state index in [-0.39, 0.29) is 23.8 Å². The Morgan fingerprint density at radius 1 is 1.20 bits per heavy atom. The van der Waals surface area contributed by atoms with E-state index in [1.54, 1.807) is 0 Å². The van der Waals surface area contributed by atoms with E-state index >= 15 is 0 Å². The third-order valence-corrected chi connectivity index (χ3v) is 4.33. The van der Waals surface area contributed by atoms with Gasteiger partial charge in [0.15, 0.2) is 0 Å². The van der Waals surface area contributed by atoms with Gasteiger partial charge in [0.2, 0.25) is 5.91 Å². The summed E-state index contributed by atoms with van der Waals surface area (Å²) >= 11 is 0.